The van der Waals surface area contributed by atoms with Gasteiger partial charge in [0, 0.05) is 0 Å². The standard InChI is InChI=1S/C10H18OSi2/c1-2-3-6-9-7-4-5-8-10(9)13-11-12/h4-5,7-8H,2-3,6,13H2,1,12H3. The molecule has 0 aromatic heterocycles. The third-order valence-corrected chi connectivity index (χ3v) is 4.37. The highest BCUT2D eigenvalue weighted by Crippen LogP contribution is 2.01. The fourth-order valence-corrected chi connectivity index (χ4v) is 3.42. The molecular formula is C10H18OSi2. The predicted molar refractivity (Wildman–Crippen MR) is 64.3 cm³/mol. The van der Waals surface area contributed by atoms with Gasteiger partial charge in [-0.1, -0.05) is 37.6 Å². The molecule has 0 aliphatic heterocycles. The molecule has 0 atom stereocenters. The van der Waals surface area contributed by atoms with Gasteiger partial charge >= 0.3 is 0 Å². The lowest BCUT2D eigenvalue weighted by atomic mass is 10.1. The van der Waals surface area contributed by atoms with Gasteiger partial charge in [-0.05, 0) is 23.6 Å². The van der Waals surface area contributed by atoms with Crippen molar-refractivity contribution in [1.29, 1.82) is 0 Å². The van der Waals surface area contributed by atoms with Gasteiger partial charge in [0.25, 0.3) is 0 Å². The smallest absolute Gasteiger partial charge is 0.178 e. The van der Waals surface area contributed by atoms with Crippen LogP contribution in [0.1, 0.15) is 25.3 Å². The summed E-state index contributed by atoms with van der Waals surface area (Å²) in [5.41, 5.74) is 1.52. The van der Waals surface area contributed by atoms with Crippen LogP contribution >= 0.6 is 0 Å². The summed E-state index contributed by atoms with van der Waals surface area (Å²) in [7, 11) is 0.492. The number of rotatable bonds is 5. The molecule has 3 heteroatoms. The third-order valence-electron chi connectivity index (χ3n) is 2.22. The van der Waals surface area contributed by atoms with Crippen LogP contribution in [0, 0.1) is 0 Å². The molecule has 0 saturated heterocycles. The highest BCUT2D eigenvalue weighted by molar-refractivity contribution is 6.51. The highest BCUT2D eigenvalue weighted by atomic mass is 28.3. The summed E-state index contributed by atoms with van der Waals surface area (Å²) >= 11 is 0. The minimum Gasteiger partial charge on any atom is -0.465 e. The van der Waals surface area contributed by atoms with Crippen molar-refractivity contribution in [3.63, 3.8) is 0 Å². The molecule has 1 aromatic rings. The van der Waals surface area contributed by atoms with Crippen molar-refractivity contribution in [2.75, 3.05) is 0 Å². The second-order valence-electron chi connectivity index (χ2n) is 3.31. The van der Waals surface area contributed by atoms with E-state index in [-0.39, 0.29) is 0 Å². The van der Waals surface area contributed by atoms with Gasteiger partial charge in [0.1, 0.15) is 10.5 Å². The SMILES string of the molecule is CCCCc1ccccc1[SiH2]O[SiH3]. The maximum atomic E-state index is 5.43. The molecule has 1 aromatic carbocycles. The van der Waals surface area contributed by atoms with E-state index in [9.17, 15) is 0 Å². The van der Waals surface area contributed by atoms with Crippen molar-refractivity contribution < 1.29 is 4.12 Å². The molecule has 0 radical (unpaired) electrons. The fraction of sp³-hybridized carbons (Fsp3) is 0.400. The summed E-state index contributed by atoms with van der Waals surface area (Å²) in [4.78, 5) is 0. The lowest BCUT2D eigenvalue weighted by molar-refractivity contribution is 0.675. The summed E-state index contributed by atoms with van der Waals surface area (Å²) in [6, 6.07) is 8.74. The molecule has 1 nitrogen and oxygen atoms in total. The fourth-order valence-electron chi connectivity index (χ4n) is 1.46. The van der Waals surface area contributed by atoms with Crippen LogP contribution in [0.5, 0.6) is 0 Å². The number of hydrogen-bond donors (Lipinski definition) is 0. The second kappa shape index (κ2) is 6.13. The first-order chi connectivity index (χ1) is 6.38. The van der Waals surface area contributed by atoms with Crippen LogP contribution in [0.3, 0.4) is 0 Å². The Morgan fingerprint density at radius 2 is 2.15 bits per heavy atom. The molecule has 0 fully saturated rings. The van der Waals surface area contributed by atoms with Gasteiger partial charge < -0.3 is 4.12 Å². The Hall–Kier alpha value is -0.386. The van der Waals surface area contributed by atoms with Crippen molar-refractivity contribution in [3.05, 3.63) is 29.8 Å². The first-order valence-electron chi connectivity index (χ1n) is 4.94. The molecule has 0 N–H and O–H groups in total. The Labute approximate surface area is 86.0 Å². The van der Waals surface area contributed by atoms with Crippen molar-refractivity contribution in [1.82, 2.24) is 0 Å². The molecule has 72 valence electrons. The molecule has 0 amide bonds. The average Bonchev–Trinajstić information content (AvgIpc) is 2.17. The third kappa shape index (κ3) is 3.46. The molecule has 0 saturated carbocycles. The molecule has 13 heavy (non-hydrogen) atoms. The van der Waals surface area contributed by atoms with E-state index in [4.69, 9.17) is 4.12 Å². The maximum absolute atomic E-state index is 5.43. The number of benzene rings is 1. The summed E-state index contributed by atoms with van der Waals surface area (Å²) < 4.78 is 5.43. The topological polar surface area (TPSA) is 9.23 Å². The summed E-state index contributed by atoms with van der Waals surface area (Å²) in [5.74, 6) is 0. The van der Waals surface area contributed by atoms with Gasteiger partial charge in [0.15, 0.2) is 9.76 Å². The number of aryl methyl sites for hydroxylation is 1. The Morgan fingerprint density at radius 3 is 2.85 bits per heavy atom. The van der Waals surface area contributed by atoms with Crippen LogP contribution in [-0.2, 0) is 10.5 Å². The van der Waals surface area contributed by atoms with E-state index in [1.54, 1.807) is 0 Å². The van der Waals surface area contributed by atoms with E-state index >= 15 is 0 Å². The molecule has 0 spiro atoms. The normalized spacial score (nSPS) is 11.5. The van der Waals surface area contributed by atoms with Gasteiger partial charge in [-0.15, -0.1) is 0 Å². The van der Waals surface area contributed by atoms with Gasteiger partial charge in [-0.3, -0.25) is 0 Å². The van der Waals surface area contributed by atoms with Crippen molar-refractivity contribution in [3.8, 4) is 0 Å². The van der Waals surface area contributed by atoms with Gasteiger partial charge in [0.05, 0.1) is 0 Å². The lowest BCUT2D eigenvalue weighted by Gasteiger charge is -2.07. The van der Waals surface area contributed by atoms with E-state index in [1.165, 1.54) is 30.0 Å². The van der Waals surface area contributed by atoms with Crippen LogP contribution in [0.25, 0.3) is 0 Å². The minimum atomic E-state index is -0.396. The molecule has 0 bridgehead atoms. The molecule has 1 rings (SSSR count). The van der Waals surface area contributed by atoms with Crippen LogP contribution < -0.4 is 5.19 Å². The van der Waals surface area contributed by atoms with E-state index in [0.29, 0.717) is 0 Å². The molecular weight excluding hydrogens is 192 g/mol. The van der Waals surface area contributed by atoms with Crippen molar-refractivity contribution in [2.45, 2.75) is 26.2 Å². The van der Waals surface area contributed by atoms with Crippen LogP contribution in [0.15, 0.2) is 24.3 Å². The first kappa shape index (κ1) is 10.7. The lowest BCUT2D eigenvalue weighted by Crippen LogP contribution is -2.21. The zero-order valence-electron chi connectivity index (χ0n) is 8.55. The monoisotopic (exact) mass is 210 g/mol. The average molecular weight is 210 g/mol. The second-order valence-corrected chi connectivity index (χ2v) is 6.67. The predicted octanol–water partition coefficient (Wildman–Crippen LogP) is 0.0353. The van der Waals surface area contributed by atoms with Crippen LogP contribution in [-0.4, -0.2) is 20.2 Å². The first-order valence-corrected chi connectivity index (χ1v) is 7.04. The van der Waals surface area contributed by atoms with Gasteiger partial charge in [-0.25, -0.2) is 0 Å². The number of unbranched alkanes of at least 4 members (excludes halogenated alkanes) is 1. The van der Waals surface area contributed by atoms with Crippen LogP contribution in [0.2, 0.25) is 0 Å². The molecule has 0 aliphatic rings. The summed E-state index contributed by atoms with van der Waals surface area (Å²) in [6.45, 7) is 2.24. The Bertz CT molecular complexity index is 250. The zero-order chi connectivity index (χ0) is 9.52. The van der Waals surface area contributed by atoms with Crippen LogP contribution in [0.4, 0.5) is 0 Å². The Morgan fingerprint density at radius 1 is 1.38 bits per heavy atom. The largest absolute Gasteiger partial charge is 0.465 e. The maximum Gasteiger partial charge on any atom is 0.178 e. The van der Waals surface area contributed by atoms with E-state index in [2.05, 4.69) is 31.2 Å². The number of hydrogen-bond acceptors (Lipinski definition) is 1. The zero-order valence-corrected chi connectivity index (χ0v) is 12.0. The Balaban J connectivity index is 2.66. The van der Waals surface area contributed by atoms with Gasteiger partial charge in [0.2, 0.25) is 0 Å². The van der Waals surface area contributed by atoms with E-state index in [1.807, 2.05) is 0 Å². The van der Waals surface area contributed by atoms with E-state index in [0.717, 1.165) is 10.5 Å². The quantitative estimate of drug-likeness (QED) is 0.624. The molecule has 0 unspecified atom stereocenters. The van der Waals surface area contributed by atoms with Gasteiger partial charge in [-0.2, -0.15) is 0 Å². The molecule has 0 aliphatic carbocycles. The van der Waals surface area contributed by atoms with Crippen molar-refractivity contribution >= 4 is 25.4 Å². The van der Waals surface area contributed by atoms with Crippen molar-refractivity contribution in [2.24, 2.45) is 0 Å². The Kier molecular flexibility index (Phi) is 5.04. The molecule has 0 heterocycles. The van der Waals surface area contributed by atoms with E-state index < -0.39 is 9.76 Å². The highest BCUT2D eigenvalue weighted by Gasteiger charge is 2.00. The summed E-state index contributed by atoms with van der Waals surface area (Å²) in [6.07, 6.45) is 3.80. The summed E-state index contributed by atoms with van der Waals surface area (Å²) in [5, 5.41) is 1.51. The minimum absolute atomic E-state index is 0.396.